The zero-order valence-corrected chi connectivity index (χ0v) is 31.9. The van der Waals surface area contributed by atoms with E-state index < -0.39 is 0 Å². The van der Waals surface area contributed by atoms with E-state index in [1.165, 1.54) is 55.3 Å². The lowest BCUT2D eigenvalue weighted by Crippen LogP contribution is -2.16. The molecule has 0 aliphatic heterocycles. The summed E-state index contributed by atoms with van der Waals surface area (Å²) in [5.41, 5.74) is 17.2. The van der Waals surface area contributed by atoms with Crippen LogP contribution in [0.2, 0.25) is 0 Å². The molecule has 0 fully saturated rings. The molecule has 1 aliphatic carbocycles. The highest BCUT2D eigenvalue weighted by atomic mass is 16.3. The lowest BCUT2D eigenvalue weighted by atomic mass is 9.82. The van der Waals surface area contributed by atoms with Gasteiger partial charge in [-0.15, -0.1) is 0 Å². The van der Waals surface area contributed by atoms with Crippen molar-refractivity contribution in [2.24, 2.45) is 0 Å². The van der Waals surface area contributed by atoms with E-state index in [1.54, 1.807) is 0 Å². The van der Waals surface area contributed by atoms with Crippen LogP contribution in [0, 0.1) is 0 Å². The van der Waals surface area contributed by atoms with Gasteiger partial charge in [0.25, 0.3) is 0 Å². The molecule has 0 saturated carbocycles. The van der Waals surface area contributed by atoms with Crippen molar-refractivity contribution in [1.29, 1.82) is 0 Å². The molecular weight excluding hydrogens is 691 g/mol. The van der Waals surface area contributed by atoms with Crippen LogP contribution >= 0.6 is 0 Å². The molecule has 9 aromatic carbocycles. The summed E-state index contributed by atoms with van der Waals surface area (Å²) in [6, 6.07) is 72.7. The van der Waals surface area contributed by atoms with Gasteiger partial charge < -0.3 is 9.32 Å². The van der Waals surface area contributed by atoms with Crippen LogP contribution in [0.3, 0.4) is 0 Å². The molecule has 0 atom stereocenters. The van der Waals surface area contributed by atoms with Crippen molar-refractivity contribution < 1.29 is 4.42 Å². The molecule has 0 bridgehead atoms. The third kappa shape index (κ3) is 5.48. The van der Waals surface area contributed by atoms with Crippen molar-refractivity contribution in [2.75, 3.05) is 4.90 Å². The minimum absolute atomic E-state index is 0.135. The maximum absolute atomic E-state index is 6.70. The number of anilines is 3. The minimum atomic E-state index is -0.135. The number of nitrogens with zero attached hydrogens (tertiary/aromatic N) is 1. The molecular formula is C55H39NO. The fraction of sp³-hybridized carbons (Fsp3) is 0.0545. The molecule has 0 amide bonds. The largest absolute Gasteiger partial charge is 0.455 e. The van der Waals surface area contributed by atoms with E-state index in [-0.39, 0.29) is 5.41 Å². The quantitative estimate of drug-likeness (QED) is 0.169. The van der Waals surface area contributed by atoms with Crippen molar-refractivity contribution in [3.05, 3.63) is 211 Å². The second-order valence-corrected chi connectivity index (χ2v) is 15.8. The molecule has 0 radical (unpaired) electrons. The van der Waals surface area contributed by atoms with Gasteiger partial charge in [-0.25, -0.2) is 0 Å². The van der Waals surface area contributed by atoms with Crippen molar-refractivity contribution in [2.45, 2.75) is 19.3 Å². The topological polar surface area (TPSA) is 16.4 Å². The summed E-state index contributed by atoms with van der Waals surface area (Å²) >= 11 is 0. The van der Waals surface area contributed by atoms with E-state index in [0.717, 1.165) is 50.1 Å². The van der Waals surface area contributed by atoms with Gasteiger partial charge in [-0.1, -0.05) is 166 Å². The predicted octanol–water partition coefficient (Wildman–Crippen LogP) is 15.5. The molecule has 10 aromatic rings. The smallest absolute Gasteiger partial charge is 0.143 e. The van der Waals surface area contributed by atoms with E-state index in [9.17, 15) is 0 Å². The monoisotopic (exact) mass is 729 g/mol. The van der Waals surface area contributed by atoms with E-state index in [0.29, 0.717) is 0 Å². The molecule has 1 heterocycles. The fourth-order valence-electron chi connectivity index (χ4n) is 9.08. The molecule has 270 valence electrons. The van der Waals surface area contributed by atoms with Crippen molar-refractivity contribution in [3.63, 3.8) is 0 Å². The molecule has 2 nitrogen and oxygen atoms in total. The normalized spacial score (nSPS) is 12.9. The standard InChI is InChI=1S/C55H39NO/c1-55(2)51-18-10-8-16-46(51)47-31-30-44(35-52(47)55)56(43-28-26-39(27-29-43)42-25-22-37-14-6-7-15-41(37)32-42)45-33-49(54-50(34-45)48-17-9-11-19-53(48)57-54)40-23-20-38(21-24-40)36-12-4-3-5-13-36/h3-35H,1-2H3. The second kappa shape index (κ2) is 13.0. The zero-order valence-electron chi connectivity index (χ0n) is 31.9. The van der Waals surface area contributed by atoms with Crippen LogP contribution < -0.4 is 4.90 Å². The maximum Gasteiger partial charge on any atom is 0.143 e. The summed E-state index contributed by atoms with van der Waals surface area (Å²) < 4.78 is 6.70. The van der Waals surface area contributed by atoms with Crippen LogP contribution in [0.15, 0.2) is 205 Å². The number of para-hydroxylation sites is 1. The molecule has 2 heteroatoms. The summed E-state index contributed by atoms with van der Waals surface area (Å²) in [4.78, 5) is 2.42. The first-order valence-corrected chi connectivity index (χ1v) is 19.7. The minimum Gasteiger partial charge on any atom is -0.455 e. The summed E-state index contributed by atoms with van der Waals surface area (Å²) in [5, 5.41) is 4.69. The van der Waals surface area contributed by atoms with Crippen LogP contribution in [0.1, 0.15) is 25.0 Å². The second-order valence-electron chi connectivity index (χ2n) is 15.8. The van der Waals surface area contributed by atoms with Crippen LogP contribution in [0.4, 0.5) is 17.1 Å². The summed E-state index contributed by atoms with van der Waals surface area (Å²) in [7, 11) is 0. The van der Waals surface area contributed by atoms with Crippen molar-refractivity contribution in [1.82, 2.24) is 0 Å². The average molecular weight is 730 g/mol. The van der Waals surface area contributed by atoms with Gasteiger partial charge in [0.05, 0.1) is 0 Å². The van der Waals surface area contributed by atoms with Gasteiger partial charge in [-0.2, -0.15) is 0 Å². The highest BCUT2D eigenvalue weighted by Crippen LogP contribution is 2.51. The number of furan rings is 1. The molecule has 0 saturated heterocycles. The fourth-order valence-corrected chi connectivity index (χ4v) is 9.08. The van der Waals surface area contributed by atoms with Gasteiger partial charge in [0.15, 0.2) is 0 Å². The Labute approximate surface area is 332 Å². The Kier molecular flexibility index (Phi) is 7.55. The maximum atomic E-state index is 6.70. The first-order valence-electron chi connectivity index (χ1n) is 19.7. The zero-order chi connectivity index (χ0) is 38.1. The highest BCUT2D eigenvalue weighted by Gasteiger charge is 2.36. The lowest BCUT2D eigenvalue weighted by Gasteiger charge is -2.29. The molecule has 0 unspecified atom stereocenters. The van der Waals surface area contributed by atoms with E-state index in [4.69, 9.17) is 4.42 Å². The van der Waals surface area contributed by atoms with Gasteiger partial charge in [0.1, 0.15) is 11.2 Å². The molecule has 11 rings (SSSR count). The van der Waals surface area contributed by atoms with Gasteiger partial charge in [0.2, 0.25) is 0 Å². The summed E-state index contributed by atoms with van der Waals surface area (Å²) in [6.07, 6.45) is 0. The van der Waals surface area contributed by atoms with E-state index in [1.807, 2.05) is 6.07 Å². The first kappa shape index (κ1) is 33.2. The first-order chi connectivity index (χ1) is 28.0. The predicted molar refractivity (Wildman–Crippen MR) is 240 cm³/mol. The van der Waals surface area contributed by atoms with Gasteiger partial charge in [-0.05, 0) is 109 Å². The Morgan fingerprint density at radius 3 is 1.82 bits per heavy atom. The number of hydrogen-bond acceptors (Lipinski definition) is 2. The van der Waals surface area contributed by atoms with Crippen LogP contribution in [0.25, 0.3) is 77.2 Å². The Morgan fingerprint density at radius 2 is 0.982 bits per heavy atom. The summed E-state index contributed by atoms with van der Waals surface area (Å²) in [5.74, 6) is 0. The van der Waals surface area contributed by atoms with Crippen LogP contribution in [-0.2, 0) is 5.41 Å². The molecule has 0 spiro atoms. The highest BCUT2D eigenvalue weighted by molar-refractivity contribution is 6.11. The Balaban J connectivity index is 1.11. The number of fused-ring (bicyclic) bond motifs is 7. The Morgan fingerprint density at radius 1 is 0.368 bits per heavy atom. The molecule has 1 aromatic heterocycles. The SMILES string of the molecule is CC1(C)c2ccccc2-c2ccc(N(c3ccc(-c4ccc5ccccc5c4)cc3)c3cc(-c4ccc(-c5ccccc5)cc4)c4oc5ccccc5c4c3)cc21. The Hall–Kier alpha value is -7.16. The van der Waals surface area contributed by atoms with Gasteiger partial charge in [-0.3, -0.25) is 0 Å². The molecule has 1 aliphatic rings. The average Bonchev–Trinajstić information content (AvgIpc) is 3.75. The van der Waals surface area contributed by atoms with Crippen LogP contribution in [-0.4, -0.2) is 0 Å². The number of benzene rings is 9. The summed E-state index contributed by atoms with van der Waals surface area (Å²) in [6.45, 7) is 4.70. The van der Waals surface area contributed by atoms with E-state index in [2.05, 4.69) is 213 Å². The van der Waals surface area contributed by atoms with E-state index >= 15 is 0 Å². The number of hydrogen-bond donors (Lipinski definition) is 0. The third-order valence-electron chi connectivity index (χ3n) is 12.1. The van der Waals surface area contributed by atoms with Crippen molar-refractivity contribution in [3.8, 4) is 44.5 Å². The third-order valence-corrected chi connectivity index (χ3v) is 12.1. The number of rotatable bonds is 6. The molecule has 0 N–H and O–H groups in total. The lowest BCUT2D eigenvalue weighted by molar-refractivity contribution is 0.660. The molecule has 57 heavy (non-hydrogen) atoms. The van der Waals surface area contributed by atoms with Gasteiger partial charge >= 0.3 is 0 Å². The van der Waals surface area contributed by atoms with Crippen molar-refractivity contribution >= 4 is 49.8 Å². The Bertz CT molecular complexity index is 3130. The van der Waals surface area contributed by atoms with Crippen LogP contribution in [0.5, 0.6) is 0 Å². The van der Waals surface area contributed by atoms with Gasteiger partial charge in [0, 0.05) is 38.8 Å².